The van der Waals surface area contributed by atoms with E-state index in [0.717, 1.165) is 19.6 Å². The highest BCUT2D eigenvalue weighted by molar-refractivity contribution is 6.31. The van der Waals surface area contributed by atoms with Crippen molar-refractivity contribution in [3.8, 4) is 0 Å². The van der Waals surface area contributed by atoms with Gasteiger partial charge in [-0.05, 0) is 38.9 Å². The van der Waals surface area contributed by atoms with Crippen molar-refractivity contribution < 1.29 is 5.11 Å². The molecule has 1 heterocycles. The molecule has 0 saturated carbocycles. The monoisotopic (exact) mass is 338 g/mol. The van der Waals surface area contributed by atoms with E-state index in [4.69, 9.17) is 17.3 Å². The molecule has 0 aliphatic carbocycles. The molecule has 1 aromatic rings. The minimum absolute atomic E-state index is 0.164. The number of aliphatic hydroxyl groups is 1. The Kier molecular flexibility index (Phi) is 6.27. The summed E-state index contributed by atoms with van der Waals surface area (Å²) in [6.07, 6.45) is 2.42. The predicted molar refractivity (Wildman–Crippen MR) is 95.8 cm³/mol. The third-order valence-corrected chi connectivity index (χ3v) is 4.77. The quantitative estimate of drug-likeness (QED) is 0.547. The summed E-state index contributed by atoms with van der Waals surface area (Å²) in [4.78, 5) is 6.73. The highest BCUT2D eigenvalue weighted by Crippen LogP contribution is 2.27. The molecule has 2 atom stereocenters. The van der Waals surface area contributed by atoms with Gasteiger partial charge in [-0.25, -0.2) is 0 Å². The van der Waals surface area contributed by atoms with Gasteiger partial charge in [-0.3, -0.25) is 9.89 Å². The van der Waals surface area contributed by atoms with Crippen molar-refractivity contribution in [3.05, 3.63) is 34.9 Å². The number of nitrogens with one attached hydrogen (secondary N) is 1. The topological polar surface area (TPSA) is 73.9 Å². The number of benzene rings is 1. The molecule has 128 valence electrons. The van der Waals surface area contributed by atoms with Crippen LogP contribution in [0.1, 0.15) is 32.3 Å². The zero-order chi connectivity index (χ0) is 16.9. The Hall–Kier alpha value is -1.30. The lowest BCUT2D eigenvalue weighted by Crippen LogP contribution is -2.43. The first-order valence-corrected chi connectivity index (χ1v) is 8.57. The van der Waals surface area contributed by atoms with Crippen LogP contribution in [0.4, 0.5) is 0 Å². The van der Waals surface area contributed by atoms with E-state index in [1.165, 1.54) is 12.8 Å². The van der Waals surface area contributed by atoms with Gasteiger partial charge in [0.2, 0.25) is 0 Å². The lowest BCUT2D eigenvalue weighted by atomic mass is 9.96. The summed E-state index contributed by atoms with van der Waals surface area (Å²) in [5.41, 5.74) is 5.45. The Morgan fingerprint density at radius 3 is 2.96 bits per heavy atom. The molecule has 5 nitrogen and oxygen atoms in total. The fourth-order valence-corrected chi connectivity index (χ4v) is 3.38. The van der Waals surface area contributed by atoms with Gasteiger partial charge in [-0.15, -0.1) is 0 Å². The molecule has 2 unspecified atom stereocenters. The zero-order valence-electron chi connectivity index (χ0n) is 13.9. The van der Waals surface area contributed by atoms with E-state index >= 15 is 0 Å². The molecule has 6 heteroatoms. The second kappa shape index (κ2) is 7.99. The van der Waals surface area contributed by atoms with Gasteiger partial charge in [0.1, 0.15) is 5.60 Å². The van der Waals surface area contributed by atoms with Crippen LogP contribution in [0.25, 0.3) is 0 Å². The van der Waals surface area contributed by atoms with E-state index in [1.54, 1.807) is 19.1 Å². The lowest BCUT2D eigenvalue weighted by Gasteiger charge is -2.24. The number of rotatable bonds is 6. The van der Waals surface area contributed by atoms with Crippen LogP contribution in [-0.4, -0.2) is 48.2 Å². The average Bonchev–Trinajstić information content (AvgIpc) is 2.99. The van der Waals surface area contributed by atoms with Gasteiger partial charge >= 0.3 is 0 Å². The maximum Gasteiger partial charge on any atom is 0.188 e. The summed E-state index contributed by atoms with van der Waals surface area (Å²) in [7, 11) is 0. The van der Waals surface area contributed by atoms with Crippen molar-refractivity contribution >= 4 is 17.6 Å². The molecular weight excluding hydrogens is 312 g/mol. The number of hydrogen-bond donors (Lipinski definition) is 3. The van der Waals surface area contributed by atoms with Crippen LogP contribution < -0.4 is 11.1 Å². The van der Waals surface area contributed by atoms with Gasteiger partial charge < -0.3 is 16.2 Å². The number of nitrogens with two attached hydrogens (primary N) is 1. The Morgan fingerprint density at radius 2 is 2.26 bits per heavy atom. The van der Waals surface area contributed by atoms with E-state index < -0.39 is 5.60 Å². The molecule has 0 amide bonds. The van der Waals surface area contributed by atoms with Crippen LogP contribution in [0, 0.1) is 0 Å². The normalized spacial score (nSPS) is 22.1. The van der Waals surface area contributed by atoms with Gasteiger partial charge in [0.05, 0.1) is 6.54 Å². The Labute approximate surface area is 143 Å². The average molecular weight is 339 g/mol. The molecule has 0 radical (unpaired) electrons. The van der Waals surface area contributed by atoms with Gasteiger partial charge in [-0.2, -0.15) is 0 Å². The third-order valence-electron chi connectivity index (χ3n) is 4.44. The van der Waals surface area contributed by atoms with Crippen LogP contribution in [0.5, 0.6) is 0 Å². The van der Waals surface area contributed by atoms with Crippen molar-refractivity contribution in [2.75, 3.05) is 26.2 Å². The Bertz CT molecular complexity index is 547. The summed E-state index contributed by atoms with van der Waals surface area (Å²) in [6.45, 7) is 7.04. The number of guanidine groups is 1. The number of likely N-dealkylation sites (N-methyl/N-ethyl adjacent to an activating group) is 1. The summed E-state index contributed by atoms with van der Waals surface area (Å²) >= 11 is 6.14. The molecule has 0 bridgehead atoms. The van der Waals surface area contributed by atoms with Crippen molar-refractivity contribution in [3.63, 3.8) is 0 Å². The smallest absolute Gasteiger partial charge is 0.188 e. The molecular formula is C17H27ClN4O. The van der Waals surface area contributed by atoms with Crippen molar-refractivity contribution in [1.29, 1.82) is 0 Å². The SMILES string of the molecule is CCN1CCCC1CNC(N)=NCC(C)(O)c1ccccc1Cl. The third kappa shape index (κ3) is 4.83. The first-order valence-electron chi connectivity index (χ1n) is 8.19. The van der Waals surface area contributed by atoms with Crippen LogP contribution in [0.3, 0.4) is 0 Å². The zero-order valence-corrected chi connectivity index (χ0v) is 14.7. The second-order valence-corrected chi connectivity index (χ2v) is 6.67. The minimum atomic E-state index is -1.15. The largest absolute Gasteiger partial charge is 0.383 e. The lowest BCUT2D eigenvalue weighted by molar-refractivity contribution is 0.0674. The van der Waals surface area contributed by atoms with Gasteiger partial charge in [0.15, 0.2) is 5.96 Å². The van der Waals surface area contributed by atoms with E-state index in [2.05, 4.69) is 22.1 Å². The van der Waals surface area contributed by atoms with Crippen LogP contribution >= 0.6 is 11.6 Å². The van der Waals surface area contributed by atoms with Crippen molar-refractivity contribution in [1.82, 2.24) is 10.2 Å². The fraction of sp³-hybridized carbons (Fsp3) is 0.588. The summed E-state index contributed by atoms with van der Waals surface area (Å²) in [5.74, 6) is 0.361. The first-order chi connectivity index (χ1) is 10.9. The highest BCUT2D eigenvalue weighted by Gasteiger charge is 2.26. The summed E-state index contributed by atoms with van der Waals surface area (Å²) in [5, 5.41) is 14.3. The van der Waals surface area contributed by atoms with Crippen molar-refractivity contribution in [2.45, 2.75) is 38.3 Å². The molecule has 23 heavy (non-hydrogen) atoms. The van der Waals surface area contributed by atoms with Gasteiger partial charge in [0, 0.05) is 23.2 Å². The van der Waals surface area contributed by atoms with Crippen LogP contribution in [-0.2, 0) is 5.60 Å². The predicted octanol–water partition coefficient (Wildman–Crippen LogP) is 1.94. The summed E-state index contributed by atoms with van der Waals surface area (Å²) < 4.78 is 0. The second-order valence-electron chi connectivity index (χ2n) is 6.26. The standard InChI is InChI=1S/C17H27ClN4O/c1-3-22-10-6-7-13(22)11-20-16(19)21-12-17(2,23)14-8-4-5-9-15(14)18/h4-5,8-9,13,23H,3,6-7,10-12H2,1-2H3,(H3,19,20,21). The molecule has 0 spiro atoms. The minimum Gasteiger partial charge on any atom is -0.383 e. The number of halogens is 1. The molecule has 2 rings (SSSR count). The molecule has 1 aliphatic heterocycles. The van der Waals surface area contributed by atoms with E-state index in [1.807, 2.05) is 12.1 Å². The molecule has 1 aliphatic rings. The van der Waals surface area contributed by atoms with E-state index in [-0.39, 0.29) is 6.54 Å². The maximum atomic E-state index is 10.6. The highest BCUT2D eigenvalue weighted by atomic mass is 35.5. The Morgan fingerprint density at radius 1 is 1.52 bits per heavy atom. The number of hydrogen-bond acceptors (Lipinski definition) is 3. The first kappa shape index (κ1) is 18.0. The van der Waals surface area contributed by atoms with E-state index in [9.17, 15) is 5.11 Å². The molecule has 0 aromatic heterocycles. The Balaban J connectivity index is 1.90. The maximum absolute atomic E-state index is 10.6. The molecule has 1 fully saturated rings. The molecule has 1 aromatic carbocycles. The van der Waals surface area contributed by atoms with Gasteiger partial charge in [-0.1, -0.05) is 36.7 Å². The van der Waals surface area contributed by atoms with Crippen molar-refractivity contribution in [2.24, 2.45) is 10.7 Å². The summed E-state index contributed by atoms with van der Waals surface area (Å²) in [6, 6.07) is 7.76. The van der Waals surface area contributed by atoms with Gasteiger partial charge in [0.25, 0.3) is 0 Å². The van der Waals surface area contributed by atoms with E-state index in [0.29, 0.717) is 22.6 Å². The number of likely N-dealkylation sites (tertiary alicyclic amines) is 1. The molecule has 4 N–H and O–H groups in total. The van der Waals surface area contributed by atoms with Crippen LogP contribution in [0.2, 0.25) is 5.02 Å². The number of aliphatic imine (C=N–C) groups is 1. The van der Waals surface area contributed by atoms with Crippen LogP contribution in [0.15, 0.2) is 29.3 Å². The fourth-order valence-electron chi connectivity index (χ4n) is 3.04. The molecule has 1 saturated heterocycles. The number of nitrogens with zero attached hydrogens (tertiary/aromatic N) is 2.